The molecule has 0 spiro atoms. The Balaban J connectivity index is 1.36. The van der Waals surface area contributed by atoms with Crippen molar-refractivity contribution in [1.29, 1.82) is 0 Å². The van der Waals surface area contributed by atoms with Crippen molar-refractivity contribution in [3.63, 3.8) is 0 Å². The Kier molecular flexibility index (Phi) is 6.40. The summed E-state index contributed by atoms with van der Waals surface area (Å²) >= 11 is 0. The Hall–Kier alpha value is -2.46. The molecule has 3 aromatic rings. The van der Waals surface area contributed by atoms with E-state index >= 15 is 0 Å². The fourth-order valence-corrected chi connectivity index (χ4v) is 5.94. The lowest BCUT2D eigenvalue weighted by molar-refractivity contribution is -0.0512. The number of benzene rings is 3. The van der Waals surface area contributed by atoms with Gasteiger partial charge in [-0.15, -0.1) is 0 Å². The molecule has 1 N–H and O–H groups in total. The second-order valence-corrected chi connectivity index (χ2v) is 9.70. The number of fused-ring (bicyclic) bond motifs is 1. The molecule has 0 aliphatic carbocycles. The first-order valence-electron chi connectivity index (χ1n) is 12.0. The van der Waals surface area contributed by atoms with E-state index in [-0.39, 0.29) is 5.41 Å². The summed E-state index contributed by atoms with van der Waals surface area (Å²) in [4.78, 5) is 5.18. The van der Waals surface area contributed by atoms with Gasteiger partial charge in [-0.3, -0.25) is 4.90 Å². The monoisotopic (exact) mass is 426 g/mol. The van der Waals surface area contributed by atoms with Gasteiger partial charge in [0.2, 0.25) is 0 Å². The first kappa shape index (κ1) is 21.4. The number of hydrogen-bond donors (Lipinski definition) is 1. The molecule has 32 heavy (non-hydrogen) atoms. The molecule has 2 heterocycles. The van der Waals surface area contributed by atoms with Crippen LogP contribution in [0.2, 0.25) is 0 Å². The van der Waals surface area contributed by atoms with Crippen LogP contribution in [0.4, 0.5) is 0 Å². The van der Waals surface area contributed by atoms with Crippen LogP contribution < -0.4 is 0 Å². The number of rotatable bonds is 7. The van der Waals surface area contributed by atoms with Gasteiger partial charge in [-0.2, -0.15) is 0 Å². The van der Waals surface area contributed by atoms with E-state index in [4.69, 9.17) is 0 Å². The lowest BCUT2D eigenvalue weighted by Crippen LogP contribution is -2.52. The van der Waals surface area contributed by atoms with E-state index in [1.807, 2.05) is 6.07 Å². The van der Waals surface area contributed by atoms with Gasteiger partial charge >= 0.3 is 0 Å². The van der Waals surface area contributed by atoms with E-state index in [1.54, 1.807) is 0 Å². The first-order chi connectivity index (χ1) is 15.7. The third kappa shape index (κ3) is 4.52. The van der Waals surface area contributed by atoms with Crippen LogP contribution in [0.15, 0.2) is 91.0 Å². The molecule has 2 saturated heterocycles. The van der Waals surface area contributed by atoms with Crippen LogP contribution >= 0.6 is 0 Å². The third-order valence-electron chi connectivity index (χ3n) is 7.59. The Morgan fingerprint density at radius 1 is 0.781 bits per heavy atom. The van der Waals surface area contributed by atoms with E-state index in [1.165, 1.54) is 11.1 Å². The normalized spacial score (nSPS) is 24.8. The maximum absolute atomic E-state index is 11.7. The zero-order valence-electron chi connectivity index (χ0n) is 18.8. The van der Waals surface area contributed by atoms with E-state index in [0.717, 1.165) is 57.7 Å². The summed E-state index contributed by atoms with van der Waals surface area (Å²) in [5.74, 6) is 0.523. The van der Waals surface area contributed by atoms with Crippen LogP contribution in [0.25, 0.3) is 0 Å². The molecule has 3 nitrogen and oxygen atoms in total. The summed E-state index contributed by atoms with van der Waals surface area (Å²) in [6.07, 6.45) is 1.79. The molecule has 3 aromatic carbocycles. The van der Waals surface area contributed by atoms with Crippen LogP contribution in [0.5, 0.6) is 0 Å². The van der Waals surface area contributed by atoms with Crippen LogP contribution in [0.3, 0.4) is 0 Å². The van der Waals surface area contributed by atoms with Crippen molar-refractivity contribution >= 4 is 0 Å². The standard InChI is InChI=1S/C29H34N2O/c32-28(26-14-8-3-9-15-26)29-22-30(18-16-24-10-4-1-5-11-24)19-17-27(29)21-31(23-29)20-25-12-6-2-7-13-25/h1-15,27-28,32H,16-23H2/t27?,28-,29?/m0/s1. The minimum atomic E-state index is -0.436. The Labute approximate surface area is 192 Å². The van der Waals surface area contributed by atoms with Crippen molar-refractivity contribution in [2.75, 3.05) is 32.7 Å². The summed E-state index contributed by atoms with van der Waals surface area (Å²) in [6, 6.07) is 31.9. The van der Waals surface area contributed by atoms with Gasteiger partial charge in [-0.1, -0.05) is 91.0 Å². The molecule has 2 aliphatic heterocycles. The maximum Gasteiger partial charge on any atom is 0.0873 e. The average molecular weight is 427 g/mol. The Bertz CT molecular complexity index is 978. The molecule has 5 rings (SSSR count). The van der Waals surface area contributed by atoms with Gasteiger partial charge in [0.25, 0.3) is 0 Å². The molecule has 2 fully saturated rings. The summed E-state index contributed by atoms with van der Waals surface area (Å²) in [6.45, 7) is 6.13. The third-order valence-corrected chi connectivity index (χ3v) is 7.59. The SMILES string of the molecule is O[C@@H](c1ccccc1)C12CN(CCc3ccccc3)CCC1CN(Cc1ccccc1)C2. The second-order valence-electron chi connectivity index (χ2n) is 9.70. The lowest BCUT2D eigenvalue weighted by atomic mass is 9.67. The van der Waals surface area contributed by atoms with Gasteiger partial charge in [-0.25, -0.2) is 0 Å². The Morgan fingerprint density at radius 3 is 2.06 bits per heavy atom. The summed E-state index contributed by atoms with van der Waals surface area (Å²) in [5, 5.41) is 11.7. The molecule has 0 saturated carbocycles. The molecule has 0 bridgehead atoms. The van der Waals surface area contributed by atoms with Crippen molar-refractivity contribution in [1.82, 2.24) is 9.80 Å². The molecule has 2 unspecified atom stereocenters. The van der Waals surface area contributed by atoms with Gasteiger partial charge in [0.05, 0.1) is 6.10 Å². The fraction of sp³-hybridized carbons (Fsp3) is 0.379. The summed E-state index contributed by atoms with van der Waals surface area (Å²) in [7, 11) is 0. The zero-order valence-corrected chi connectivity index (χ0v) is 18.8. The van der Waals surface area contributed by atoms with E-state index in [0.29, 0.717) is 5.92 Å². The highest BCUT2D eigenvalue weighted by Gasteiger charge is 2.53. The summed E-state index contributed by atoms with van der Waals surface area (Å²) in [5.41, 5.74) is 3.69. The molecular weight excluding hydrogens is 392 g/mol. The van der Waals surface area contributed by atoms with Crippen LogP contribution in [0.1, 0.15) is 29.2 Å². The highest BCUT2D eigenvalue weighted by molar-refractivity contribution is 5.23. The predicted octanol–water partition coefficient (Wildman–Crippen LogP) is 4.79. The number of piperidine rings is 1. The predicted molar refractivity (Wildman–Crippen MR) is 130 cm³/mol. The fourth-order valence-electron chi connectivity index (χ4n) is 5.94. The van der Waals surface area contributed by atoms with Crippen LogP contribution in [-0.4, -0.2) is 47.6 Å². The van der Waals surface area contributed by atoms with Gasteiger partial charge in [-0.05, 0) is 42.0 Å². The topological polar surface area (TPSA) is 26.7 Å². The van der Waals surface area contributed by atoms with Gasteiger partial charge < -0.3 is 10.0 Å². The van der Waals surface area contributed by atoms with E-state index in [2.05, 4.69) is 94.7 Å². The molecule has 0 amide bonds. The quantitative estimate of drug-likeness (QED) is 0.589. The maximum atomic E-state index is 11.7. The number of hydrogen-bond acceptors (Lipinski definition) is 3. The first-order valence-corrected chi connectivity index (χ1v) is 12.0. The van der Waals surface area contributed by atoms with Crippen molar-refractivity contribution in [2.24, 2.45) is 11.3 Å². The van der Waals surface area contributed by atoms with Crippen molar-refractivity contribution in [3.8, 4) is 0 Å². The van der Waals surface area contributed by atoms with Crippen LogP contribution in [-0.2, 0) is 13.0 Å². The minimum absolute atomic E-state index is 0.120. The lowest BCUT2D eigenvalue weighted by Gasteiger charge is -2.47. The van der Waals surface area contributed by atoms with Crippen LogP contribution in [0, 0.1) is 11.3 Å². The summed E-state index contributed by atoms with van der Waals surface area (Å²) < 4.78 is 0. The van der Waals surface area contributed by atoms with Crippen molar-refractivity contribution < 1.29 is 5.11 Å². The molecule has 3 heteroatoms. The minimum Gasteiger partial charge on any atom is -0.388 e. The number of nitrogens with zero attached hydrogens (tertiary/aromatic N) is 2. The smallest absolute Gasteiger partial charge is 0.0873 e. The molecule has 0 radical (unpaired) electrons. The van der Waals surface area contributed by atoms with E-state index in [9.17, 15) is 5.11 Å². The average Bonchev–Trinajstić information content (AvgIpc) is 3.22. The van der Waals surface area contributed by atoms with Crippen molar-refractivity contribution in [2.45, 2.75) is 25.5 Å². The highest BCUT2D eigenvalue weighted by Crippen LogP contribution is 2.50. The van der Waals surface area contributed by atoms with E-state index < -0.39 is 6.10 Å². The molecule has 3 atom stereocenters. The number of likely N-dealkylation sites (tertiary alicyclic amines) is 2. The molecular formula is C29H34N2O. The molecule has 166 valence electrons. The van der Waals surface area contributed by atoms with Gasteiger partial charge in [0, 0.05) is 38.1 Å². The largest absolute Gasteiger partial charge is 0.388 e. The van der Waals surface area contributed by atoms with Gasteiger partial charge in [0.15, 0.2) is 0 Å². The second kappa shape index (κ2) is 9.58. The zero-order chi connectivity index (χ0) is 21.8. The Morgan fingerprint density at radius 2 is 1.38 bits per heavy atom. The molecule has 2 aliphatic rings. The van der Waals surface area contributed by atoms with Gasteiger partial charge in [0.1, 0.15) is 0 Å². The number of aliphatic hydroxyl groups is 1. The van der Waals surface area contributed by atoms with Crippen molar-refractivity contribution in [3.05, 3.63) is 108 Å². The number of aliphatic hydroxyl groups excluding tert-OH is 1. The molecule has 0 aromatic heterocycles. The highest BCUT2D eigenvalue weighted by atomic mass is 16.3.